The van der Waals surface area contributed by atoms with Gasteiger partial charge in [0.2, 0.25) is 0 Å². The normalized spacial score (nSPS) is 17.6. The zero-order valence-electron chi connectivity index (χ0n) is 17.5. The molecule has 1 aliphatic rings. The molecule has 0 spiro atoms. The summed E-state index contributed by atoms with van der Waals surface area (Å²) in [5, 5.41) is 14.9. The highest BCUT2D eigenvalue weighted by Gasteiger charge is 2.48. The van der Waals surface area contributed by atoms with Gasteiger partial charge < -0.3 is 19.1 Å². The van der Waals surface area contributed by atoms with Gasteiger partial charge in [-0.25, -0.2) is 4.39 Å². The molecule has 1 atom stereocenters. The number of carbonyl (C=O) groups excluding carboxylic acids is 2. The quantitative estimate of drug-likeness (QED) is 0.368. The first kappa shape index (κ1) is 21.1. The number of aliphatic hydroxyl groups excluding tert-OH is 1. The number of amides is 1. The molecule has 1 saturated heterocycles. The van der Waals surface area contributed by atoms with Crippen molar-refractivity contribution >= 4 is 23.3 Å². The maximum Gasteiger partial charge on any atom is 0.301 e. The van der Waals surface area contributed by atoms with Crippen LogP contribution in [0.5, 0.6) is 11.5 Å². The Morgan fingerprint density at radius 1 is 1.06 bits per heavy atom. The summed E-state index contributed by atoms with van der Waals surface area (Å²) < 4.78 is 29.1. The minimum Gasteiger partial charge on any atom is -0.507 e. The fourth-order valence-electron chi connectivity index (χ4n) is 3.64. The molecule has 4 rings (SSSR count). The van der Waals surface area contributed by atoms with Gasteiger partial charge in [0.25, 0.3) is 5.78 Å². The minimum atomic E-state index is -1.04. The Morgan fingerprint density at radius 2 is 1.75 bits per heavy atom. The van der Waals surface area contributed by atoms with Gasteiger partial charge in [0.15, 0.2) is 17.3 Å². The zero-order chi connectivity index (χ0) is 23.0. The van der Waals surface area contributed by atoms with Crippen molar-refractivity contribution in [3.63, 3.8) is 0 Å². The Morgan fingerprint density at radius 3 is 2.34 bits per heavy atom. The van der Waals surface area contributed by atoms with Gasteiger partial charge in [-0.1, -0.05) is 11.2 Å². The maximum absolute atomic E-state index is 13.4. The van der Waals surface area contributed by atoms with Gasteiger partial charge in [0.1, 0.15) is 17.3 Å². The van der Waals surface area contributed by atoms with Crippen LogP contribution in [0.2, 0.25) is 0 Å². The van der Waals surface area contributed by atoms with E-state index in [1.807, 2.05) is 0 Å². The molecule has 164 valence electrons. The molecule has 3 aromatic rings. The van der Waals surface area contributed by atoms with Crippen LogP contribution in [0.1, 0.15) is 22.9 Å². The summed E-state index contributed by atoms with van der Waals surface area (Å²) in [5.41, 5.74) is 0.479. The number of benzene rings is 2. The number of aryl methyl sites for hydroxylation is 1. The van der Waals surface area contributed by atoms with Crippen LogP contribution >= 0.6 is 0 Å². The van der Waals surface area contributed by atoms with Gasteiger partial charge in [-0.2, -0.15) is 0 Å². The molecule has 2 aromatic carbocycles. The molecule has 0 saturated carbocycles. The molecule has 8 nitrogen and oxygen atoms in total. The molecule has 1 amide bonds. The topological polar surface area (TPSA) is 102 Å². The van der Waals surface area contributed by atoms with Crippen molar-refractivity contribution in [2.24, 2.45) is 0 Å². The summed E-state index contributed by atoms with van der Waals surface area (Å²) in [6.45, 7) is 1.65. The number of halogens is 1. The molecular formula is C23H19FN2O6. The van der Waals surface area contributed by atoms with Crippen molar-refractivity contribution in [3.8, 4) is 11.5 Å². The molecule has 32 heavy (non-hydrogen) atoms. The summed E-state index contributed by atoms with van der Waals surface area (Å²) in [6.07, 6.45) is 0. The number of hydrogen-bond acceptors (Lipinski definition) is 7. The number of ether oxygens (including phenoxy) is 2. The van der Waals surface area contributed by atoms with Crippen LogP contribution in [-0.2, 0) is 9.59 Å². The first-order valence-electron chi connectivity index (χ1n) is 9.58. The van der Waals surface area contributed by atoms with Gasteiger partial charge in [-0.05, 0) is 48.9 Å². The third-order valence-electron chi connectivity index (χ3n) is 5.15. The lowest BCUT2D eigenvalue weighted by Crippen LogP contribution is -2.29. The second-order valence-corrected chi connectivity index (χ2v) is 7.09. The lowest BCUT2D eigenvalue weighted by atomic mass is 9.95. The number of nitrogens with zero attached hydrogens (tertiary/aromatic N) is 2. The average molecular weight is 438 g/mol. The number of carbonyl (C=O) groups is 2. The highest BCUT2D eigenvalue weighted by molar-refractivity contribution is 6.51. The van der Waals surface area contributed by atoms with E-state index < -0.39 is 29.3 Å². The van der Waals surface area contributed by atoms with Crippen molar-refractivity contribution in [1.82, 2.24) is 5.16 Å². The highest BCUT2D eigenvalue weighted by atomic mass is 19.1. The van der Waals surface area contributed by atoms with E-state index in [0.29, 0.717) is 22.8 Å². The standard InChI is InChI=1S/C23H19FN2O6/c1-12-10-18(25-32-12)26-20(14-6-9-16(30-2)17(11-14)31-3)19(22(28)23(26)29)21(27)13-4-7-15(24)8-5-13/h4-11,20,27H,1-3H3/b21-19+/t20-/m0/s1. The molecule has 1 aliphatic heterocycles. The van der Waals surface area contributed by atoms with E-state index in [1.165, 1.54) is 32.4 Å². The summed E-state index contributed by atoms with van der Waals surface area (Å²) in [5.74, 6) is -1.37. The molecular weight excluding hydrogens is 419 g/mol. The SMILES string of the molecule is COc1ccc([C@H]2/C(=C(\O)c3ccc(F)cc3)C(=O)C(=O)N2c2cc(C)on2)cc1OC. The zero-order valence-corrected chi connectivity index (χ0v) is 17.5. The van der Waals surface area contributed by atoms with Crippen LogP contribution in [0.15, 0.2) is 58.6 Å². The lowest BCUT2D eigenvalue weighted by molar-refractivity contribution is -0.132. The third-order valence-corrected chi connectivity index (χ3v) is 5.15. The molecule has 0 bridgehead atoms. The second kappa shape index (κ2) is 8.18. The van der Waals surface area contributed by atoms with Gasteiger partial charge >= 0.3 is 5.91 Å². The Bertz CT molecular complexity index is 1230. The number of ketones is 1. The van der Waals surface area contributed by atoms with Crippen LogP contribution in [-0.4, -0.2) is 36.2 Å². The largest absolute Gasteiger partial charge is 0.507 e. The third kappa shape index (κ3) is 3.47. The van der Waals surface area contributed by atoms with E-state index in [4.69, 9.17) is 14.0 Å². The van der Waals surface area contributed by atoms with Crippen molar-refractivity contribution in [2.75, 3.05) is 19.1 Å². The van der Waals surface area contributed by atoms with Crippen molar-refractivity contribution in [1.29, 1.82) is 0 Å². The predicted molar refractivity (Wildman–Crippen MR) is 112 cm³/mol. The number of hydrogen-bond donors (Lipinski definition) is 1. The van der Waals surface area contributed by atoms with Crippen LogP contribution in [0, 0.1) is 12.7 Å². The number of rotatable bonds is 5. The molecule has 1 N–H and O–H groups in total. The first-order chi connectivity index (χ1) is 15.3. The second-order valence-electron chi connectivity index (χ2n) is 7.09. The van der Waals surface area contributed by atoms with Crippen LogP contribution in [0.25, 0.3) is 5.76 Å². The first-order valence-corrected chi connectivity index (χ1v) is 9.58. The van der Waals surface area contributed by atoms with Crippen LogP contribution in [0.3, 0.4) is 0 Å². The van der Waals surface area contributed by atoms with E-state index in [1.54, 1.807) is 25.1 Å². The molecule has 9 heteroatoms. The highest BCUT2D eigenvalue weighted by Crippen LogP contribution is 2.43. The van der Waals surface area contributed by atoms with Gasteiger partial charge in [0.05, 0.1) is 25.8 Å². The van der Waals surface area contributed by atoms with Gasteiger partial charge in [-0.15, -0.1) is 0 Å². The van der Waals surface area contributed by atoms with Crippen LogP contribution < -0.4 is 14.4 Å². The summed E-state index contributed by atoms with van der Waals surface area (Å²) >= 11 is 0. The molecule has 1 fully saturated rings. The Labute approximate surface area is 182 Å². The van der Waals surface area contributed by atoms with E-state index in [2.05, 4.69) is 5.16 Å². The van der Waals surface area contributed by atoms with Crippen LogP contribution in [0.4, 0.5) is 10.2 Å². The van der Waals surface area contributed by atoms with E-state index in [9.17, 15) is 19.1 Å². The van der Waals surface area contributed by atoms with Crippen molar-refractivity contribution in [3.05, 3.63) is 76.8 Å². The number of anilines is 1. The van der Waals surface area contributed by atoms with E-state index >= 15 is 0 Å². The van der Waals surface area contributed by atoms with Crippen molar-refractivity contribution < 1.29 is 33.1 Å². The lowest BCUT2D eigenvalue weighted by Gasteiger charge is -2.23. The monoisotopic (exact) mass is 438 g/mol. The van der Waals surface area contributed by atoms with Crippen molar-refractivity contribution in [2.45, 2.75) is 13.0 Å². The Hall–Kier alpha value is -4.14. The molecule has 0 aliphatic carbocycles. The fraction of sp³-hybridized carbons (Fsp3) is 0.174. The number of Topliss-reactive ketones (excluding diaryl/α,β-unsaturated/α-hetero) is 1. The smallest absolute Gasteiger partial charge is 0.301 e. The summed E-state index contributed by atoms with van der Waals surface area (Å²) in [7, 11) is 2.94. The Kier molecular flexibility index (Phi) is 5.40. The average Bonchev–Trinajstić information content (AvgIpc) is 3.34. The van der Waals surface area contributed by atoms with Gasteiger partial charge in [0, 0.05) is 11.6 Å². The molecule has 0 unspecified atom stereocenters. The van der Waals surface area contributed by atoms with E-state index in [0.717, 1.165) is 17.0 Å². The fourth-order valence-corrected chi connectivity index (χ4v) is 3.64. The molecule has 2 heterocycles. The van der Waals surface area contributed by atoms with Gasteiger partial charge in [-0.3, -0.25) is 14.5 Å². The predicted octanol–water partition coefficient (Wildman–Crippen LogP) is 3.77. The van der Waals surface area contributed by atoms with E-state index in [-0.39, 0.29) is 17.0 Å². The number of aliphatic hydroxyl groups is 1. The minimum absolute atomic E-state index is 0.113. The maximum atomic E-state index is 13.4. The summed E-state index contributed by atoms with van der Waals surface area (Å²) in [6, 6.07) is 10.3. The Balaban J connectivity index is 1.95. The molecule has 0 radical (unpaired) electrons. The number of methoxy groups -OCH3 is 2. The number of aromatic nitrogens is 1. The summed E-state index contributed by atoms with van der Waals surface area (Å²) in [4.78, 5) is 27.2. The molecule has 1 aromatic heterocycles.